The molecular formula is C19H40IN5O4S. The van der Waals surface area contributed by atoms with Crippen LogP contribution in [-0.2, 0) is 19.5 Å². The molecular weight excluding hydrogens is 521 g/mol. The second-order valence-electron chi connectivity index (χ2n) is 7.67. The van der Waals surface area contributed by atoms with Crippen LogP contribution < -0.4 is 15.4 Å². The van der Waals surface area contributed by atoms with Crippen LogP contribution in [0.5, 0.6) is 0 Å². The van der Waals surface area contributed by atoms with E-state index in [9.17, 15) is 8.42 Å². The van der Waals surface area contributed by atoms with Gasteiger partial charge in [-0.15, -0.1) is 24.0 Å². The summed E-state index contributed by atoms with van der Waals surface area (Å²) < 4.78 is 37.8. The molecule has 2 saturated heterocycles. The van der Waals surface area contributed by atoms with Gasteiger partial charge in [0.15, 0.2) is 5.96 Å². The molecule has 1 unspecified atom stereocenters. The van der Waals surface area contributed by atoms with E-state index in [0.29, 0.717) is 18.5 Å². The van der Waals surface area contributed by atoms with Crippen LogP contribution in [0, 0.1) is 0 Å². The van der Waals surface area contributed by atoms with E-state index in [1.54, 1.807) is 7.11 Å². The van der Waals surface area contributed by atoms with Crippen LogP contribution in [0.1, 0.15) is 39.0 Å². The second kappa shape index (κ2) is 15.6. The lowest BCUT2D eigenvalue weighted by atomic mass is 10.1. The van der Waals surface area contributed by atoms with Crippen LogP contribution in [0.25, 0.3) is 0 Å². The van der Waals surface area contributed by atoms with Gasteiger partial charge in [-0.3, -0.25) is 4.99 Å². The van der Waals surface area contributed by atoms with E-state index in [0.717, 1.165) is 71.5 Å². The lowest BCUT2D eigenvalue weighted by Gasteiger charge is -2.32. The summed E-state index contributed by atoms with van der Waals surface area (Å²) in [5.41, 5.74) is 0. The summed E-state index contributed by atoms with van der Waals surface area (Å²) >= 11 is 0. The molecule has 0 spiro atoms. The Kier molecular flexibility index (Phi) is 14.4. The first-order chi connectivity index (χ1) is 14.0. The van der Waals surface area contributed by atoms with Crippen LogP contribution in [0.3, 0.4) is 0 Å². The zero-order valence-corrected chi connectivity index (χ0v) is 21.5. The van der Waals surface area contributed by atoms with Crippen LogP contribution in [-0.4, -0.2) is 96.8 Å². The normalized spacial score (nSPS) is 21.8. The molecule has 0 aromatic rings. The zero-order chi connectivity index (χ0) is 21.0. The van der Waals surface area contributed by atoms with Gasteiger partial charge in [-0.2, -0.15) is 0 Å². The largest absolute Gasteiger partial charge is 0.383 e. The molecule has 2 fully saturated rings. The van der Waals surface area contributed by atoms with Crippen molar-refractivity contribution in [2.75, 3.05) is 65.3 Å². The molecule has 0 aromatic carbocycles. The number of methoxy groups -OCH3 is 1. The highest BCUT2D eigenvalue weighted by atomic mass is 127. The number of likely N-dealkylation sites (tertiary alicyclic amines) is 1. The number of hydrogen-bond acceptors (Lipinski definition) is 6. The van der Waals surface area contributed by atoms with Crippen molar-refractivity contribution in [1.29, 1.82) is 0 Å². The van der Waals surface area contributed by atoms with Gasteiger partial charge in [0, 0.05) is 52.5 Å². The van der Waals surface area contributed by atoms with Crippen molar-refractivity contribution in [2.24, 2.45) is 4.99 Å². The maximum absolute atomic E-state index is 12.2. The predicted octanol–water partition coefficient (Wildman–Crippen LogP) is 0.759. The fourth-order valence-corrected chi connectivity index (χ4v) is 4.49. The molecule has 178 valence electrons. The Morgan fingerprint density at radius 2 is 2.00 bits per heavy atom. The van der Waals surface area contributed by atoms with E-state index < -0.39 is 10.0 Å². The van der Waals surface area contributed by atoms with Gasteiger partial charge in [-0.1, -0.05) is 0 Å². The molecule has 0 aliphatic carbocycles. The Labute approximate surface area is 199 Å². The lowest BCUT2D eigenvalue weighted by molar-refractivity contribution is 0.0200. The first-order valence-electron chi connectivity index (χ1n) is 10.9. The van der Waals surface area contributed by atoms with Gasteiger partial charge in [-0.05, 0) is 39.0 Å². The summed E-state index contributed by atoms with van der Waals surface area (Å²) in [5, 5.41) is 6.66. The average molecular weight is 562 g/mol. The minimum Gasteiger partial charge on any atom is -0.383 e. The van der Waals surface area contributed by atoms with Crippen molar-refractivity contribution in [3.05, 3.63) is 0 Å². The topological polar surface area (TPSA) is 104 Å². The number of sulfonamides is 1. The molecule has 1 atom stereocenters. The van der Waals surface area contributed by atoms with Crippen LogP contribution in [0.2, 0.25) is 0 Å². The highest BCUT2D eigenvalue weighted by molar-refractivity contribution is 14.0. The van der Waals surface area contributed by atoms with E-state index in [-0.39, 0.29) is 42.4 Å². The molecule has 2 aliphatic heterocycles. The number of aliphatic imine (C=N–C) groups is 1. The van der Waals surface area contributed by atoms with Gasteiger partial charge in [0.2, 0.25) is 10.0 Å². The Morgan fingerprint density at radius 1 is 1.23 bits per heavy atom. The number of piperidine rings is 1. The highest BCUT2D eigenvalue weighted by Gasteiger charge is 2.20. The SMILES string of the molecule is CCNC(=NCCS(=O)(=O)NCC1CCCCO1)NC1CCN(CCOC)CC1.I. The van der Waals surface area contributed by atoms with Crippen LogP contribution in [0.4, 0.5) is 0 Å². The van der Waals surface area contributed by atoms with E-state index in [4.69, 9.17) is 9.47 Å². The van der Waals surface area contributed by atoms with Gasteiger partial charge < -0.3 is 25.0 Å². The van der Waals surface area contributed by atoms with Crippen molar-refractivity contribution in [1.82, 2.24) is 20.3 Å². The van der Waals surface area contributed by atoms with Crippen LogP contribution >= 0.6 is 24.0 Å². The summed E-state index contributed by atoms with van der Waals surface area (Å²) in [4.78, 5) is 6.87. The number of hydrogen-bond donors (Lipinski definition) is 3. The predicted molar refractivity (Wildman–Crippen MR) is 131 cm³/mol. The van der Waals surface area contributed by atoms with Gasteiger partial charge in [-0.25, -0.2) is 13.1 Å². The van der Waals surface area contributed by atoms with Crippen molar-refractivity contribution in [3.8, 4) is 0 Å². The number of nitrogens with one attached hydrogen (secondary N) is 3. The summed E-state index contributed by atoms with van der Waals surface area (Å²) in [6.07, 6.45) is 5.14. The third kappa shape index (κ3) is 11.4. The Hall–Kier alpha value is -0.210. The first-order valence-corrected chi connectivity index (χ1v) is 12.5. The molecule has 0 radical (unpaired) electrons. The number of guanidine groups is 1. The van der Waals surface area contributed by atoms with Crippen molar-refractivity contribution < 1.29 is 17.9 Å². The number of rotatable bonds is 11. The molecule has 2 rings (SSSR count). The molecule has 9 nitrogen and oxygen atoms in total. The third-order valence-corrected chi connectivity index (χ3v) is 6.65. The van der Waals surface area contributed by atoms with Crippen molar-refractivity contribution in [3.63, 3.8) is 0 Å². The first kappa shape index (κ1) is 27.8. The van der Waals surface area contributed by atoms with Crippen molar-refractivity contribution in [2.45, 2.75) is 51.2 Å². The second-order valence-corrected chi connectivity index (χ2v) is 9.60. The number of halogens is 1. The van der Waals surface area contributed by atoms with Gasteiger partial charge in [0.25, 0.3) is 0 Å². The quantitative estimate of drug-likeness (QED) is 0.195. The summed E-state index contributed by atoms with van der Waals surface area (Å²) in [6, 6.07) is 0.352. The zero-order valence-electron chi connectivity index (χ0n) is 18.4. The standard InChI is InChI=1S/C19H39N5O4S.HI/c1-3-20-19(23-17-7-10-24(11-8-17)12-14-27-2)21-9-15-29(25,26)22-16-18-6-4-5-13-28-18;/h17-18,22H,3-16H2,1-2H3,(H2,20,21,23);1H. The smallest absolute Gasteiger partial charge is 0.213 e. The van der Waals surface area contributed by atoms with Gasteiger partial charge in [0.05, 0.1) is 25.0 Å². The van der Waals surface area contributed by atoms with Crippen LogP contribution in [0.15, 0.2) is 4.99 Å². The molecule has 11 heteroatoms. The van der Waals surface area contributed by atoms with E-state index >= 15 is 0 Å². The molecule has 0 saturated carbocycles. The lowest BCUT2D eigenvalue weighted by Crippen LogP contribution is -2.49. The summed E-state index contributed by atoms with van der Waals surface area (Å²) in [6.45, 7) is 7.83. The number of ether oxygens (including phenoxy) is 2. The minimum atomic E-state index is -3.35. The third-order valence-electron chi connectivity index (χ3n) is 5.32. The van der Waals surface area contributed by atoms with Gasteiger partial charge >= 0.3 is 0 Å². The minimum absolute atomic E-state index is 0. The summed E-state index contributed by atoms with van der Waals surface area (Å²) in [5.74, 6) is 0.667. The molecule has 0 amide bonds. The monoisotopic (exact) mass is 561 g/mol. The van der Waals surface area contributed by atoms with E-state index in [1.807, 2.05) is 6.92 Å². The number of nitrogens with zero attached hydrogens (tertiary/aromatic N) is 2. The molecule has 30 heavy (non-hydrogen) atoms. The molecule has 2 aliphatic rings. The molecule has 2 heterocycles. The molecule has 0 bridgehead atoms. The molecule has 0 aromatic heterocycles. The average Bonchev–Trinajstić information content (AvgIpc) is 2.73. The Bertz CT molecular complexity index is 579. The van der Waals surface area contributed by atoms with Crippen molar-refractivity contribution >= 4 is 40.0 Å². The maximum Gasteiger partial charge on any atom is 0.213 e. The Balaban J connectivity index is 0.00000450. The highest BCUT2D eigenvalue weighted by Crippen LogP contribution is 2.12. The maximum atomic E-state index is 12.2. The summed E-state index contributed by atoms with van der Waals surface area (Å²) in [7, 11) is -1.62. The fraction of sp³-hybridized carbons (Fsp3) is 0.947. The van der Waals surface area contributed by atoms with E-state index in [2.05, 4.69) is 25.2 Å². The Morgan fingerprint density at radius 3 is 2.63 bits per heavy atom. The van der Waals surface area contributed by atoms with Gasteiger partial charge in [0.1, 0.15) is 0 Å². The fourth-order valence-electron chi connectivity index (χ4n) is 3.57. The molecule has 3 N–H and O–H groups in total. The van der Waals surface area contributed by atoms with E-state index in [1.165, 1.54) is 0 Å².